The quantitative estimate of drug-likeness (QED) is 0.516. The van der Waals surface area contributed by atoms with Gasteiger partial charge in [0, 0.05) is 27.9 Å². The van der Waals surface area contributed by atoms with E-state index in [2.05, 4.69) is 27.9 Å². The largest absolute Gasteiger partial charge is 0.381 e. The Labute approximate surface area is 118 Å². The number of halogens is 1. The summed E-state index contributed by atoms with van der Waals surface area (Å²) in [7, 11) is 0. The van der Waals surface area contributed by atoms with Crippen molar-refractivity contribution in [3.8, 4) is 0 Å². The van der Waals surface area contributed by atoms with Crippen LogP contribution in [0.5, 0.6) is 0 Å². The minimum Gasteiger partial charge on any atom is -0.381 e. The Balaban J connectivity index is 1.97. The highest BCUT2D eigenvalue weighted by Crippen LogP contribution is 2.15. The molecular weight excluding hydrogens is 343 g/mol. The summed E-state index contributed by atoms with van der Waals surface area (Å²) in [4.78, 5) is 10.1. The van der Waals surface area contributed by atoms with Gasteiger partial charge in [-0.05, 0) is 52.4 Å². The summed E-state index contributed by atoms with van der Waals surface area (Å²) in [5.41, 5.74) is 2.17. The van der Waals surface area contributed by atoms with Crippen molar-refractivity contribution in [2.45, 2.75) is 6.54 Å². The highest BCUT2D eigenvalue weighted by atomic mass is 127. The summed E-state index contributed by atoms with van der Waals surface area (Å²) in [6.07, 6.45) is 0. The van der Waals surface area contributed by atoms with E-state index in [1.807, 2.05) is 24.3 Å². The Hall–Kier alpha value is -1.63. The molecule has 0 aliphatic carbocycles. The lowest BCUT2D eigenvalue weighted by Gasteiger charge is -2.06. The third-order valence-corrected chi connectivity index (χ3v) is 3.21. The van der Waals surface area contributed by atoms with Gasteiger partial charge in [0.2, 0.25) is 0 Å². The number of benzene rings is 2. The van der Waals surface area contributed by atoms with E-state index in [9.17, 15) is 10.1 Å². The molecule has 0 aliphatic rings. The first kappa shape index (κ1) is 12.8. The molecular formula is C13H11IN2O2. The lowest BCUT2D eigenvalue weighted by molar-refractivity contribution is -0.384. The molecule has 0 saturated carbocycles. The first-order valence-electron chi connectivity index (χ1n) is 5.38. The van der Waals surface area contributed by atoms with Crippen molar-refractivity contribution in [3.63, 3.8) is 0 Å². The predicted molar refractivity (Wildman–Crippen MR) is 79.6 cm³/mol. The average Bonchev–Trinajstić information content (AvgIpc) is 2.38. The number of non-ortho nitro benzene ring substituents is 1. The van der Waals surface area contributed by atoms with E-state index in [1.54, 1.807) is 12.1 Å². The third kappa shape index (κ3) is 3.43. The summed E-state index contributed by atoms with van der Waals surface area (Å²) in [5, 5.41) is 13.8. The zero-order valence-electron chi connectivity index (χ0n) is 9.47. The first-order chi connectivity index (χ1) is 8.65. The Morgan fingerprint density at radius 1 is 1.06 bits per heavy atom. The zero-order chi connectivity index (χ0) is 13.0. The molecule has 2 aromatic carbocycles. The monoisotopic (exact) mass is 354 g/mol. The molecule has 0 aliphatic heterocycles. The standard InChI is InChI=1S/C13H11IN2O2/c14-11-3-5-12(6-4-11)15-9-10-1-7-13(8-2-10)16(17)18/h1-8,15H,9H2. The van der Waals surface area contributed by atoms with E-state index < -0.39 is 4.92 Å². The van der Waals surface area contributed by atoms with E-state index >= 15 is 0 Å². The van der Waals surface area contributed by atoms with Gasteiger partial charge >= 0.3 is 0 Å². The van der Waals surface area contributed by atoms with Crippen LogP contribution in [0.3, 0.4) is 0 Å². The Morgan fingerprint density at radius 3 is 2.22 bits per heavy atom. The van der Waals surface area contributed by atoms with Gasteiger partial charge in [-0.1, -0.05) is 12.1 Å². The van der Waals surface area contributed by atoms with Crippen molar-refractivity contribution in [1.29, 1.82) is 0 Å². The van der Waals surface area contributed by atoms with Gasteiger partial charge in [0.25, 0.3) is 5.69 Å². The molecule has 18 heavy (non-hydrogen) atoms. The summed E-state index contributed by atoms with van der Waals surface area (Å²) in [6, 6.07) is 14.6. The van der Waals surface area contributed by atoms with Crippen molar-refractivity contribution in [1.82, 2.24) is 0 Å². The molecule has 5 heteroatoms. The average molecular weight is 354 g/mol. The van der Waals surface area contributed by atoms with Crippen LogP contribution in [0.15, 0.2) is 48.5 Å². The fraction of sp³-hybridized carbons (Fsp3) is 0.0769. The Kier molecular flexibility index (Phi) is 4.14. The van der Waals surface area contributed by atoms with Gasteiger partial charge in [-0.25, -0.2) is 0 Å². The molecule has 0 saturated heterocycles. The maximum Gasteiger partial charge on any atom is 0.269 e. The zero-order valence-corrected chi connectivity index (χ0v) is 11.6. The highest BCUT2D eigenvalue weighted by Gasteiger charge is 2.03. The van der Waals surface area contributed by atoms with Gasteiger partial charge in [0.15, 0.2) is 0 Å². The van der Waals surface area contributed by atoms with Gasteiger partial charge in [-0.2, -0.15) is 0 Å². The fourth-order valence-electron chi connectivity index (χ4n) is 1.51. The smallest absolute Gasteiger partial charge is 0.269 e. The lowest BCUT2D eigenvalue weighted by atomic mass is 10.2. The molecule has 0 heterocycles. The van der Waals surface area contributed by atoms with Crippen LogP contribution >= 0.6 is 22.6 Å². The number of rotatable bonds is 4. The van der Waals surface area contributed by atoms with Crippen LogP contribution in [-0.4, -0.2) is 4.92 Å². The van der Waals surface area contributed by atoms with Gasteiger partial charge < -0.3 is 5.32 Å². The van der Waals surface area contributed by atoms with E-state index in [0.717, 1.165) is 11.3 Å². The second-order valence-corrected chi connectivity index (χ2v) is 5.03. The van der Waals surface area contributed by atoms with Crippen LogP contribution in [0, 0.1) is 13.7 Å². The number of nitro benzene ring substituents is 1. The third-order valence-electron chi connectivity index (χ3n) is 2.49. The molecule has 2 aromatic rings. The van der Waals surface area contributed by atoms with Crippen LogP contribution < -0.4 is 5.32 Å². The number of anilines is 1. The summed E-state index contributed by atoms with van der Waals surface area (Å²) in [6.45, 7) is 0.651. The molecule has 0 amide bonds. The van der Waals surface area contributed by atoms with Crippen molar-refractivity contribution in [3.05, 3.63) is 67.8 Å². The van der Waals surface area contributed by atoms with Gasteiger partial charge in [0.1, 0.15) is 0 Å². The maximum atomic E-state index is 10.5. The molecule has 0 unspecified atom stereocenters. The van der Waals surface area contributed by atoms with Crippen LogP contribution in [-0.2, 0) is 6.54 Å². The molecule has 0 atom stereocenters. The second kappa shape index (κ2) is 5.81. The Morgan fingerprint density at radius 2 is 1.67 bits per heavy atom. The van der Waals surface area contributed by atoms with E-state index in [1.165, 1.54) is 15.7 Å². The SMILES string of the molecule is O=[N+]([O-])c1ccc(CNc2ccc(I)cc2)cc1. The molecule has 0 fully saturated rings. The number of nitro groups is 1. The molecule has 4 nitrogen and oxygen atoms in total. The minimum absolute atomic E-state index is 0.119. The van der Waals surface area contributed by atoms with E-state index in [-0.39, 0.29) is 5.69 Å². The molecule has 0 aromatic heterocycles. The van der Waals surface area contributed by atoms with Crippen LogP contribution in [0.25, 0.3) is 0 Å². The van der Waals surface area contributed by atoms with Crippen molar-refractivity contribution in [2.75, 3.05) is 5.32 Å². The minimum atomic E-state index is -0.393. The predicted octanol–water partition coefficient (Wildman–Crippen LogP) is 3.81. The topological polar surface area (TPSA) is 55.2 Å². The van der Waals surface area contributed by atoms with Crippen LogP contribution in [0.2, 0.25) is 0 Å². The number of nitrogens with zero attached hydrogens (tertiary/aromatic N) is 1. The molecule has 0 radical (unpaired) electrons. The van der Waals surface area contributed by atoms with E-state index in [0.29, 0.717) is 6.54 Å². The number of hydrogen-bond acceptors (Lipinski definition) is 3. The molecule has 0 bridgehead atoms. The fourth-order valence-corrected chi connectivity index (χ4v) is 1.87. The van der Waals surface area contributed by atoms with Crippen molar-refractivity contribution in [2.24, 2.45) is 0 Å². The summed E-state index contributed by atoms with van der Waals surface area (Å²) < 4.78 is 1.19. The van der Waals surface area contributed by atoms with Gasteiger partial charge in [-0.15, -0.1) is 0 Å². The lowest BCUT2D eigenvalue weighted by Crippen LogP contribution is -1.99. The molecule has 2 rings (SSSR count). The first-order valence-corrected chi connectivity index (χ1v) is 6.46. The molecule has 0 spiro atoms. The van der Waals surface area contributed by atoms with E-state index in [4.69, 9.17) is 0 Å². The Bertz CT molecular complexity index is 538. The highest BCUT2D eigenvalue weighted by molar-refractivity contribution is 14.1. The van der Waals surface area contributed by atoms with Gasteiger partial charge in [0.05, 0.1) is 4.92 Å². The number of hydrogen-bond donors (Lipinski definition) is 1. The van der Waals surface area contributed by atoms with Crippen molar-refractivity contribution >= 4 is 34.0 Å². The molecule has 1 N–H and O–H groups in total. The van der Waals surface area contributed by atoms with Crippen LogP contribution in [0.1, 0.15) is 5.56 Å². The van der Waals surface area contributed by atoms with Crippen LogP contribution in [0.4, 0.5) is 11.4 Å². The summed E-state index contributed by atoms with van der Waals surface area (Å²) >= 11 is 2.25. The number of nitrogens with one attached hydrogen (secondary N) is 1. The molecule has 92 valence electrons. The van der Waals surface area contributed by atoms with Crippen molar-refractivity contribution < 1.29 is 4.92 Å². The van der Waals surface area contributed by atoms with Gasteiger partial charge in [-0.3, -0.25) is 10.1 Å². The normalized spacial score (nSPS) is 10.1. The maximum absolute atomic E-state index is 10.5. The summed E-state index contributed by atoms with van der Waals surface area (Å²) in [5.74, 6) is 0. The second-order valence-electron chi connectivity index (χ2n) is 3.78.